The van der Waals surface area contributed by atoms with Gasteiger partial charge in [0.25, 0.3) is 0 Å². The lowest BCUT2D eigenvalue weighted by molar-refractivity contribution is -0.141. The number of hydrogen-bond donors (Lipinski definition) is 0. The number of hydrogen-bond acceptors (Lipinski definition) is 4. The SMILES string of the molecule is O=C1O[C@H]2C=CC=C[C@@H]2C=C1c1cn2cc(Cc3cccc(Cl)c3)sc2n1. The van der Waals surface area contributed by atoms with Crippen LogP contribution in [0.2, 0.25) is 5.02 Å². The molecule has 2 aromatic heterocycles. The van der Waals surface area contributed by atoms with E-state index >= 15 is 0 Å². The summed E-state index contributed by atoms with van der Waals surface area (Å²) in [4.78, 5) is 19.1. The third-order valence-electron chi connectivity index (χ3n) is 4.69. The first-order valence-corrected chi connectivity index (χ1v) is 9.85. The lowest BCUT2D eigenvalue weighted by atomic mass is 9.92. The molecule has 6 heteroatoms. The van der Waals surface area contributed by atoms with Gasteiger partial charge in [0.1, 0.15) is 6.10 Å². The molecule has 134 valence electrons. The highest BCUT2D eigenvalue weighted by atomic mass is 35.5. The average Bonchev–Trinajstić information content (AvgIpc) is 3.19. The summed E-state index contributed by atoms with van der Waals surface area (Å²) in [5.41, 5.74) is 2.35. The molecule has 0 bridgehead atoms. The molecule has 3 aromatic rings. The number of fused-ring (bicyclic) bond motifs is 2. The van der Waals surface area contributed by atoms with E-state index in [0.717, 1.165) is 22.0 Å². The Hall–Kier alpha value is -2.63. The van der Waals surface area contributed by atoms with Crippen LogP contribution >= 0.6 is 22.9 Å². The summed E-state index contributed by atoms with van der Waals surface area (Å²) in [6, 6.07) is 7.86. The van der Waals surface area contributed by atoms with E-state index in [1.165, 1.54) is 4.88 Å². The standard InChI is InChI=1S/C21H15ClN2O2S/c22-15-6-3-4-13(8-15)9-16-11-24-12-18(23-21(24)27-16)17-10-14-5-1-2-7-19(14)26-20(17)25/h1-8,10-12,14,19H,9H2/t14-,19+/m1/s1. The zero-order valence-corrected chi connectivity index (χ0v) is 15.8. The van der Waals surface area contributed by atoms with E-state index in [1.54, 1.807) is 11.3 Å². The molecule has 4 nitrogen and oxygen atoms in total. The Morgan fingerprint density at radius 1 is 1.22 bits per heavy atom. The summed E-state index contributed by atoms with van der Waals surface area (Å²) in [7, 11) is 0. The number of benzene rings is 1. The van der Waals surface area contributed by atoms with E-state index in [9.17, 15) is 4.79 Å². The van der Waals surface area contributed by atoms with Crippen molar-refractivity contribution >= 4 is 39.4 Å². The van der Waals surface area contributed by atoms with Crippen LogP contribution in [0.25, 0.3) is 10.5 Å². The largest absolute Gasteiger partial charge is 0.454 e. The van der Waals surface area contributed by atoms with Gasteiger partial charge in [-0.2, -0.15) is 0 Å². The number of carbonyl (C=O) groups is 1. The predicted octanol–water partition coefficient (Wildman–Crippen LogP) is 4.69. The van der Waals surface area contributed by atoms with Gasteiger partial charge in [-0.3, -0.25) is 4.40 Å². The van der Waals surface area contributed by atoms with E-state index in [2.05, 4.69) is 17.2 Å². The molecule has 0 saturated carbocycles. The Balaban J connectivity index is 1.43. The van der Waals surface area contributed by atoms with E-state index < -0.39 is 0 Å². The summed E-state index contributed by atoms with van der Waals surface area (Å²) in [6.45, 7) is 0. The molecule has 0 N–H and O–H groups in total. The average molecular weight is 395 g/mol. The maximum absolute atomic E-state index is 12.4. The maximum Gasteiger partial charge on any atom is 0.340 e. The second-order valence-corrected chi connectivity index (χ2v) is 8.15. The highest BCUT2D eigenvalue weighted by molar-refractivity contribution is 7.17. The Kier molecular flexibility index (Phi) is 3.99. The monoisotopic (exact) mass is 394 g/mol. The molecular formula is C21H15ClN2O2S. The van der Waals surface area contributed by atoms with Crippen LogP contribution in [0.4, 0.5) is 0 Å². The summed E-state index contributed by atoms with van der Waals surface area (Å²) in [5.74, 6) is -0.248. The summed E-state index contributed by atoms with van der Waals surface area (Å²) >= 11 is 7.68. The summed E-state index contributed by atoms with van der Waals surface area (Å²) < 4.78 is 7.51. The lowest BCUT2D eigenvalue weighted by Crippen LogP contribution is -2.29. The van der Waals surface area contributed by atoms with Gasteiger partial charge in [-0.05, 0) is 23.8 Å². The van der Waals surface area contributed by atoms with Gasteiger partial charge in [-0.15, -0.1) is 11.3 Å². The van der Waals surface area contributed by atoms with Gasteiger partial charge in [0.15, 0.2) is 4.96 Å². The van der Waals surface area contributed by atoms with Crippen molar-refractivity contribution in [3.63, 3.8) is 0 Å². The molecule has 2 atom stereocenters. The third-order valence-corrected chi connectivity index (χ3v) is 5.93. The Morgan fingerprint density at radius 2 is 2.11 bits per heavy atom. The van der Waals surface area contributed by atoms with E-state index in [1.807, 2.05) is 59.2 Å². The van der Waals surface area contributed by atoms with Crippen LogP contribution in [0.3, 0.4) is 0 Å². The van der Waals surface area contributed by atoms with E-state index in [0.29, 0.717) is 11.3 Å². The fourth-order valence-corrected chi connectivity index (χ4v) is 4.62. The maximum atomic E-state index is 12.4. The minimum atomic E-state index is -0.318. The molecule has 0 unspecified atom stereocenters. The minimum absolute atomic E-state index is 0.0702. The van der Waals surface area contributed by atoms with Crippen LogP contribution in [0, 0.1) is 5.92 Å². The summed E-state index contributed by atoms with van der Waals surface area (Å²) in [5, 5.41) is 0.740. The fraction of sp³-hybridized carbons (Fsp3) is 0.143. The minimum Gasteiger partial charge on any atom is -0.454 e. The number of aromatic nitrogens is 2. The first-order valence-electron chi connectivity index (χ1n) is 8.66. The molecule has 1 aromatic carbocycles. The summed E-state index contributed by atoms with van der Waals surface area (Å²) in [6.07, 6.45) is 14.3. The Bertz CT molecular complexity index is 1110. The van der Waals surface area contributed by atoms with Gasteiger partial charge in [0.05, 0.1) is 11.3 Å². The second kappa shape index (κ2) is 6.51. The molecule has 3 heterocycles. The molecule has 1 aliphatic carbocycles. The highest BCUT2D eigenvalue weighted by Crippen LogP contribution is 2.31. The number of imidazole rings is 1. The molecule has 0 radical (unpaired) electrons. The van der Waals surface area contributed by atoms with Crippen molar-refractivity contribution in [3.05, 3.63) is 88.2 Å². The predicted molar refractivity (Wildman–Crippen MR) is 107 cm³/mol. The van der Waals surface area contributed by atoms with Crippen molar-refractivity contribution in [3.8, 4) is 0 Å². The molecule has 27 heavy (non-hydrogen) atoms. The smallest absolute Gasteiger partial charge is 0.340 e. The number of ether oxygens (including phenoxy) is 1. The van der Waals surface area contributed by atoms with Crippen molar-refractivity contribution < 1.29 is 9.53 Å². The van der Waals surface area contributed by atoms with Gasteiger partial charge in [-0.1, -0.05) is 48.0 Å². The molecule has 0 amide bonds. The molecule has 1 aliphatic heterocycles. The Morgan fingerprint density at radius 3 is 2.96 bits per heavy atom. The highest BCUT2D eigenvalue weighted by Gasteiger charge is 2.31. The zero-order chi connectivity index (χ0) is 18.4. The van der Waals surface area contributed by atoms with Crippen LogP contribution in [-0.2, 0) is 16.0 Å². The number of esters is 1. The van der Waals surface area contributed by atoms with Crippen molar-refractivity contribution in [2.75, 3.05) is 0 Å². The normalized spacial score (nSPS) is 21.2. The topological polar surface area (TPSA) is 43.6 Å². The first-order chi connectivity index (χ1) is 13.2. The van der Waals surface area contributed by atoms with Crippen LogP contribution in [0.5, 0.6) is 0 Å². The van der Waals surface area contributed by atoms with Crippen molar-refractivity contribution in [2.24, 2.45) is 5.92 Å². The van der Waals surface area contributed by atoms with Crippen LogP contribution < -0.4 is 0 Å². The fourth-order valence-electron chi connectivity index (χ4n) is 3.41. The van der Waals surface area contributed by atoms with Crippen molar-refractivity contribution in [1.82, 2.24) is 9.38 Å². The number of rotatable bonds is 3. The molecule has 5 rings (SSSR count). The second-order valence-electron chi connectivity index (χ2n) is 6.62. The molecule has 0 saturated heterocycles. The Labute approximate surface area is 165 Å². The molecule has 0 spiro atoms. The van der Waals surface area contributed by atoms with Gasteiger partial charge in [0.2, 0.25) is 0 Å². The molecular weight excluding hydrogens is 380 g/mol. The van der Waals surface area contributed by atoms with Gasteiger partial charge < -0.3 is 4.74 Å². The lowest BCUT2D eigenvalue weighted by Gasteiger charge is -2.26. The molecule has 0 fully saturated rings. The van der Waals surface area contributed by atoms with Gasteiger partial charge in [-0.25, -0.2) is 9.78 Å². The zero-order valence-electron chi connectivity index (χ0n) is 14.2. The van der Waals surface area contributed by atoms with Crippen LogP contribution in [-0.4, -0.2) is 21.5 Å². The van der Waals surface area contributed by atoms with Crippen LogP contribution in [0.1, 0.15) is 16.1 Å². The van der Waals surface area contributed by atoms with Gasteiger partial charge in [0, 0.05) is 34.6 Å². The number of nitrogens with zero attached hydrogens (tertiary/aromatic N) is 2. The number of thiazole rings is 1. The van der Waals surface area contributed by atoms with Crippen molar-refractivity contribution in [2.45, 2.75) is 12.5 Å². The first kappa shape index (κ1) is 16.5. The number of halogens is 1. The number of allylic oxidation sites excluding steroid dienone is 2. The van der Waals surface area contributed by atoms with Gasteiger partial charge >= 0.3 is 5.97 Å². The van der Waals surface area contributed by atoms with Crippen molar-refractivity contribution in [1.29, 1.82) is 0 Å². The molecule has 2 aliphatic rings. The van der Waals surface area contributed by atoms with Crippen LogP contribution in [0.15, 0.2) is 67.0 Å². The quantitative estimate of drug-likeness (QED) is 0.605. The number of carbonyl (C=O) groups excluding carboxylic acids is 1. The van der Waals surface area contributed by atoms with E-state index in [-0.39, 0.29) is 18.0 Å². The van der Waals surface area contributed by atoms with E-state index in [4.69, 9.17) is 16.3 Å². The third kappa shape index (κ3) is 3.13.